The highest BCUT2D eigenvalue weighted by molar-refractivity contribution is 7.99. The average Bonchev–Trinajstić information content (AvgIpc) is 2.37. The zero-order chi connectivity index (χ0) is 15.2. The number of amides is 1. The van der Waals surface area contributed by atoms with E-state index in [4.69, 9.17) is 0 Å². The van der Waals surface area contributed by atoms with Gasteiger partial charge in [0, 0.05) is 12.3 Å². The topological polar surface area (TPSA) is 49.3 Å². The smallest absolute Gasteiger partial charge is 0.230 e. The van der Waals surface area contributed by atoms with Gasteiger partial charge in [-0.1, -0.05) is 50.6 Å². The fourth-order valence-corrected chi connectivity index (χ4v) is 2.33. The largest absolute Gasteiger partial charge is 0.391 e. The van der Waals surface area contributed by atoms with Gasteiger partial charge >= 0.3 is 0 Å². The third kappa shape index (κ3) is 6.44. The molecule has 0 aliphatic rings. The van der Waals surface area contributed by atoms with E-state index in [1.54, 1.807) is 11.8 Å². The molecule has 0 saturated carbocycles. The first-order chi connectivity index (χ1) is 9.29. The van der Waals surface area contributed by atoms with Gasteiger partial charge < -0.3 is 10.4 Å². The van der Waals surface area contributed by atoms with Gasteiger partial charge in [0.15, 0.2) is 0 Å². The van der Waals surface area contributed by atoms with Crippen LogP contribution in [0.3, 0.4) is 0 Å². The van der Waals surface area contributed by atoms with Crippen molar-refractivity contribution in [2.75, 3.05) is 12.3 Å². The summed E-state index contributed by atoms with van der Waals surface area (Å²) in [5.41, 5.74) is 2.26. The van der Waals surface area contributed by atoms with Crippen LogP contribution in [0.4, 0.5) is 0 Å². The number of hydrogen-bond donors (Lipinski definition) is 2. The number of rotatable bonds is 6. The molecule has 0 heterocycles. The van der Waals surface area contributed by atoms with Gasteiger partial charge in [-0.25, -0.2) is 0 Å². The van der Waals surface area contributed by atoms with Crippen molar-refractivity contribution in [2.24, 2.45) is 5.41 Å². The van der Waals surface area contributed by atoms with Crippen molar-refractivity contribution < 1.29 is 9.90 Å². The first kappa shape index (κ1) is 17.1. The molecular weight excluding hydrogens is 270 g/mol. The molecule has 1 aromatic carbocycles. The minimum atomic E-state index is -0.520. The van der Waals surface area contributed by atoms with Gasteiger partial charge in [0.05, 0.1) is 11.9 Å². The Labute approximate surface area is 126 Å². The molecule has 1 rings (SSSR count). The summed E-state index contributed by atoms with van der Waals surface area (Å²) in [7, 11) is 0. The van der Waals surface area contributed by atoms with Crippen molar-refractivity contribution in [1.29, 1.82) is 0 Å². The van der Waals surface area contributed by atoms with Gasteiger partial charge in [-0.3, -0.25) is 4.79 Å². The number of thioether (sulfide) groups is 1. The van der Waals surface area contributed by atoms with Gasteiger partial charge in [-0.2, -0.15) is 0 Å². The number of aliphatic hydroxyl groups excluding tert-OH is 1. The number of benzene rings is 1. The van der Waals surface area contributed by atoms with Crippen LogP contribution in [0.15, 0.2) is 24.3 Å². The highest BCUT2D eigenvalue weighted by Gasteiger charge is 2.22. The average molecular weight is 295 g/mol. The van der Waals surface area contributed by atoms with E-state index in [0.717, 1.165) is 5.75 Å². The molecule has 20 heavy (non-hydrogen) atoms. The quantitative estimate of drug-likeness (QED) is 0.848. The maximum Gasteiger partial charge on any atom is 0.230 e. The molecule has 0 radical (unpaired) electrons. The van der Waals surface area contributed by atoms with Crippen LogP contribution in [0.25, 0.3) is 0 Å². The van der Waals surface area contributed by atoms with Gasteiger partial charge in [0.25, 0.3) is 0 Å². The monoisotopic (exact) mass is 295 g/mol. The molecule has 0 spiro atoms. The minimum absolute atomic E-state index is 0.0228. The van der Waals surface area contributed by atoms with Crippen molar-refractivity contribution in [2.45, 2.75) is 39.6 Å². The lowest BCUT2D eigenvalue weighted by Crippen LogP contribution is -2.39. The summed E-state index contributed by atoms with van der Waals surface area (Å²) in [5, 5.41) is 12.6. The Morgan fingerprint density at radius 2 is 1.90 bits per heavy atom. The van der Waals surface area contributed by atoms with E-state index in [9.17, 15) is 9.90 Å². The zero-order valence-electron chi connectivity index (χ0n) is 12.8. The van der Waals surface area contributed by atoms with Crippen molar-refractivity contribution in [3.05, 3.63) is 35.4 Å². The van der Waals surface area contributed by atoms with E-state index in [0.29, 0.717) is 12.3 Å². The van der Waals surface area contributed by atoms with Crippen molar-refractivity contribution in [1.82, 2.24) is 5.32 Å². The predicted octanol–water partition coefficient (Wildman–Crippen LogP) is 2.75. The molecule has 1 atom stereocenters. The Kier molecular flexibility index (Phi) is 6.56. The molecule has 0 aliphatic heterocycles. The molecule has 0 saturated heterocycles. The molecule has 112 valence electrons. The second kappa shape index (κ2) is 7.70. The van der Waals surface area contributed by atoms with E-state index in [2.05, 4.69) is 36.5 Å². The standard InChI is InChI=1S/C16H25NO2S/c1-12-5-7-13(8-6-12)10-20-11-15(19)17-9-14(18)16(2,3)4/h5-8,14,18H,9-11H2,1-4H3,(H,17,19). The van der Waals surface area contributed by atoms with Gasteiger partial charge in [0.2, 0.25) is 5.91 Å². The fourth-order valence-electron chi connectivity index (χ4n) is 1.51. The Morgan fingerprint density at radius 3 is 2.45 bits per heavy atom. The Hall–Kier alpha value is -1.00. The van der Waals surface area contributed by atoms with Gasteiger partial charge in [-0.05, 0) is 17.9 Å². The fraction of sp³-hybridized carbons (Fsp3) is 0.562. The molecule has 4 heteroatoms. The van der Waals surface area contributed by atoms with Crippen LogP contribution in [0, 0.1) is 12.3 Å². The summed E-state index contributed by atoms with van der Waals surface area (Å²) in [5.74, 6) is 1.23. The van der Waals surface area contributed by atoms with Crippen molar-refractivity contribution in [3.63, 3.8) is 0 Å². The highest BCUT2D eigenvalue weighted by Crippen LogP contribution is 2.18. The normalized spacial score (nSPS) is 13.1. The third-order valence-electron chi connectivity index (χ3n) is 3.11. The molecule has 2 N–H and O–H groups in total. The summed E-state index contributed by atoms with van der Waals surface area (Å²) in [6, 6.07) is 8.33. The summed E-state index contributed by atoms with van der Waals surface area (Å²) < 4.78 is 0. The summed E-state index contributed by atoms with van der Waals surface area (Å²) in [4.78, 5) is 11.7. The lowest BCUT2D eigenvalue weighted by Gasteiger charge is -2.25. The van der Waals surface area contributed by atoms with Crippen LogP contribution >= 0.6 is 11.8 Å². The molecule has 0 aliphatic carbocycles. The molecule has 0 aromatic heterocycles. The number of hydrogen-bond acceptors (Lipinski definition) is 3. The molecule has 1 unspecified atom stereocenters. The van der Waals surface area contributed by atoms with Crippen molar-refractivity contribution >= 4 is 17.7 Å². The maximum atomic E-state index is 11.7. The maximum absolute atomic E-state index is 11.7. The zero-order valence-corrected chi connectivity index (χ0v) is 13.6. The van der Waals surface area contributed by atoms with Crippen LogP contribution in [0.5, 0.6) is 0 Å². The van der Waals surface area contributed by atoms with E-state index in [1.165, 1.54) is 11.1 Å². The predicted molar refractivity (Wildman–Crippen MR) is 85.8 cm³/mol. The number of aryl methyl sites for hydroxylation is 1. The first-order valence-electron chi connectivity index (χ1n) is 6.87. The van der Waals surface area contributed by atoms with E-state index < -0.39 is 6.10 Å². The summed E-state index contributed by atoms with van der Waals surface area (Å²) in [6.45, 7) is 8.24. The van der Waals surface area contributed by atoms with Crippen LogP contribution in [0.2, 0.25) is 0 Å². The molecule has 1 amide bonds. The third-order valence-corrected chi connectivity index (χ3v) is 4.12. The molecule has 1 aromatic rings. The second-order valence-electron chi connectivity index (χ2n) is 6.16. The lowest BCUT2D eigenvalue weighted by atomic mass is 9.89. The van der Waals surface area contributed by atoms with E-state index in [-0.39, 0.29) is 11.3 Å². The second-order valence-corrected chi connectivity index (χ2v) is 7.15. The van der Waals surface area contributed by atoms with Crippen LogP contribution in [-0.4, -0.2) is 29.4 Å². The number of carbonyl (C=O) groups excluding carboxylic acids is 1. The molecular formula is C16H25NO2S. The van der Waals surface area contributed by atoms with Crippen LogP contribution in [-0.2, 0) is 10.5 Å². The Morgan fingerprint density at radius 1 is 1.30 bits per heavy atom. The van der Waals surface area contributed by atoms with E-state index >= 15 is 0 Å². The molecule has 0 bridgehead atoms. The van der Waals surface area contributed by atoms with Crippen LogP contribution < -0.4 is 5.32 Å². The number of nitrogens with one attached hydrogen (secondary N) is 1. The van der Waals surface area contributed by atoms with E-state index in [1.807, 2.05) is 20.8 Å². The number of aliphatic hydroxyl groups is 1. The molecule has 3 nitrogen and oxygen atoms in total. The van der Waals surface area contributed by atoms with Gasteiger partial charge in [-0.15, -0.1) is 11.8 Å². The summed E-state index contributed by atoms with van der Waals surface area (Å²) >= 11 is 1.59. The number of carbonyl (C=O) groups is 1. The highest BCUT2D eigenvalue weighted by atomic mass is 32.2. The summed E-state index contributed by atoms with van der Waals surface area (Å²) in [6.07, 6.45) is -0.520. The van der Waals surface area contributed by atoms with Gasteiger partial charge in [0.1, 0.15) is 0 Å². The Balaban J connectivity index is 2.22. The molecule has 0 fully saturated rings. The lowest BCUT2D eigenvalue weighted by molar-refractivity contribution is -0.119. The first-order valence-corrected chi connectivity index (χ1v) is 8.02. The van der Waals surface area contributed by atoms with Crippen molar-refractivity contribution in [3.8, 4) is 0 Å². The Bertz CT molecular complexity index is 423. The SMILES string of the molecule is Cc1ccc(CSCC(=O)NCC(O)C(C)(C)C)cc1. The minimum Gasteiger partial charge on any atom is -0.391 e. The van der Waals surface area contributed by atoms with Crippen LogP contribution in [0.1, 0.15) is 31.9 Å².